The van der Waals surface area contributed by atoms with E-state index in [1.165, 1.54) is 17.1 Å². The van der Waals surface area contributed by atoms with E-state index in [1.807, 2.05) is 30.0 Å². The lowest BCUT2D eigenvalue weighted by molar-refractivity contribution is 0.294. The van der Waals surface area contributed by atoms with Crippen molar-refractivity contribution in [2.24, 2.45) is 5.73 Å². The number of methoxy groups -OCH3 is 1. The van der Waals surface area contributed by atoms with E-state index in [0.717, 1.165) is 19.6 Å². The number of benzene rings is 1. The average Bonchev–Trinajstić information content (AvgIpc) is 2.39. The summed E-state index contributed by atoms with van der Waals surface area (Å²) in [6.45, 7) is 3.22. The Morgan fingerprint density at radius 3 is 2.78 bits per heavy atom. The van der Waals surface area contributed by atoms with Gasteiger partial charge in [0.25, 0.3) is 0 Å². The van der Waals surface area contributed by atoms with Gasteiger partial charge in [0.1, 0.15) is 11.6 Å². The zero-order valence-electron chi connectivity index (χ0n) is 10.6. The first-order valence-corrected chi connectivity index (χ1v) is 7.17. The quantitative estimate of drug-likeness (QED) is 0.640. The van der Waals surface area contributed by atoms with Crippen molar-refractivity contribution in [1.29, 1.82) is 5.41 Å². The van der Waals surface area contributed by atoms with Crippen molar-refractivity contribution < 1.29 is 4.74 Å². The number of nitrogens with zero attached hydrogens (tertiary/aromatic N) is 1. The molecular formula is C13H19N3OS. The molecule has 1 saturated heterocycles. The number of hydrogen-bond acceptors (Lipinski definition) is 4. The highest BCUT2D eigenvalue weighted by atomic mass is 32.2. The molecule has 0 amide bonds. The van der Waals surface area contributed by atoms with Gasteiger partial charge in [0.05, 0.1) is 12.7 Å². The fraction of sp³-hybridized carbons (Fsp3) is 0.462. The third kappa shape index (κ3) is 3.17. The highest BCUT2D eigenvalue weighted by Crippen LogP contribution is 2.21. The van der Waals surface area contributed by atoms with E-state index in [2.05, 4.69) is 4.90 Å². The predicted molar refractivity (Wildman–Crippen MR) is 76.6 cm³/mol. The Labute approximate surface area is 112 Å². The fourth-order valence-corrected chi connectivity index (χ4v) is 3.05. The Hall–Kier alpha value is -1.20. The second-order valence-electron chi connectivity index (χ2n) is 4.34. The van der Waals surface area contributed by atoms with Gasteiger partial charge in [-0.15, -0.1) is 0 Å². The molecule has 2 rings (SSSR count). The lowest BCUT2D eigenvalue weighted by Gasteiger charge is -2.26. The van der Waals surface area contributed by atoms with Crippen molar-refractivity contribution in [3.05, 3.63) is 29.3 Å². The van der Waals surface area contributed by atoms with E-state index in [4.69, 9.17) is 15.9 Å². The minimum Gasteiger partial charge on any atom is -0.496 e. The maximum Gasteiger partial charge on any atom is 0.130 e. The average molecular weight is 265 g/mol. The van der Waals surface area contributed by atoms with Crippen molar-refractivity contribution in [1.82, 2.24) is 4.90 Å². The van der Waals surface area contributed by atoms with E-state index in [-0.39, 0.29) is 5.84 Å². The maximum absolute atomic E-state index is 7.49. The molecule has 0 atom stereocenters. The van der Waals surface area contributed by atoms with E-state index in [1.54, 1.807) is 7.11 Å². The summed E-state index contributed by atoms with van der Waals surface area (Å²) in [4.78, 5) is 2.44. The topological polar surface area (TPSA) is 62.3 Å². The highest BCUT2D eigenvalue weighted by Gasteiger charge is 2.12. The molecule has 1 aromatic carbocycles. The van der Waals surface area contributed by atoms with Crippen molar-refractivity contribution >= 4 is 17.6 Å². The standard InChI is InChI=1S/C13H19N3OS/c1-17-12-8-10(2-3-11(12)13(14)15)9-16-4-6-18-7-5-16/h2-3,8H,4-7,9H2,1H3,(H3,14,15). The molecule has 0 aliphatic carbocycles. The lowest BCUT2D eigenvalue weighted by Crippen LogP contribution is -2.32. The molecule has 1 aliphatic rings. The van der Waals surface area contributed by atoms with Crippen LogP contribution in [0.25, 0.3) is 0 Å². The van der Waals surface area contributed by atoms with Crippen LogP contribution in [0.15, 0.2) is 18.2 Å². The molecule has 5 heteroatoms. The highest BCUT2D eigenvalue weighted by molar-refractivity contribution is 7.99. The molecule has 98 valence electrons. The summed E-state index contributed by atoms with van der Waals surface area (Å²) in [6.07, 6.45) is 0. The Morgan fingerprint density at radius 2 is 2.17 bits per heavy atom. The molecule has 0 radical (unpaired) electrons. The minimum atomic E-state index is 0.0489. The van der Waals surface area contributed by atoms with Gasteiger partial charge in [0, 0.05) is 31.1 Å². The Morgan fingerprint density at radius 1 is 1.44 bits per heavy atom. The van der Waals surface area contributed by atoms with Crippen LogP contribution in [0.3, 0.4) is 0 Å². The third-order valence-electron chi connectivity index (χ3n) is 3.07. The van der Waals surface area contributed by atoms with Gasteiger partial charge in [-0.3, -0.25) is 10.3 Å². The summed E-state index contributed by atoms with van der Waals surface area (Å²) in [5.74, 6) is 3.16. The van der Waals surface area contributed by atoms with E-state index < -0.39 is 0 Å². The summed E-state index contributed by atoms with van der Waals surface area (Å²) in [5, 5.41) is 7.49. The fourth-order valence-electron chi connectivity index (χ4n) is 2.07. The molecule has 0 unspecified atom stereocenters. The Kier molecular flexibility index (Phi) is 4.49. The zero-order chi connectivity index (χ0) is 13.0. The number of hydrogen-bond donors (Lipinski definition) is 2. The number of rotatable bonds is 4. The lowest BCUT2D eigenvalue weighted by atomic mass is 10.1. The van der Waals surface area contributed by atoms with Crippen molar-refractivity contribution in [2.45, 2.75) is 6.54 Å². The van der Waals surface area contributed by atoms with Gasteiger partial charge in [-0.1, -0.05) is 6.07 Å². The van der Waals surface area contributed by atoms with Gasteiger partial charge in [0.2, 0.25) is 0 Å². The van der Waals surface area contributed by atoms with Crippen molar-refractivity contribution in [2.75, 3.05) is 31.7 Å². The van der Waals surface area contributed by atoms with E-state index in [0.29, 0.717) is 11.3 Å². The molecule has 0 spiro atoms. The smallest absolute Gasteiger partial charge is 0.130 e. The van der Waals surface area contributed by atoms with Crippen LogP contribution in [0.4, 0.5) is 0 Å². The molecule has 18 heavy (non-hydrogen) atoms. The van der Waals surface area contributed by atoms with Crippen LogP contribution in [-0.2, 0) is 6.54 Å². The van der Waals surface area contributed by atoms with Gasteiger partial charge in [-0.2, -0.15) is 11.8 Å². The summed E-state index contributed by atoms with van der Waals surface area (Å²) in [7, 11) is 1.61. The normalized spacial score (nSPS) is 16.5. The second-order valence-corrected chi connectivity index (χ2v) is 5.56. The summed E-state index contributed by atoms with van der Waals surface area (Å²) in [6, 6.07) is 5.88. The number of amidine groups is 1. The SMILES string of the molecule is COc1cc(CN2CCSCC2)ccc1C(=N)N. The van der Waals surface area contributed by atoms with Crippen molar-refractivity contribution in [3.8, 4) is 5.75 Å². The minimum absolute atomic E-state index is 0.0489. The first-order valence-electron chi connectivity index (χ1n) is 6.02. The zero-order valence-corrected chi connectivity index (χ0v) is 11.4. The first-order chi connectivity index (χ1) is 8.70. The van der Waals surface area contributed by atoms with Crippen LogP contribution in [0, 0.1) is 5.41 Å². The van der Waals surface area contributed by atoms with Gasteiger partial charge >= 0.3 is 0 Å². The Balaban J connectivity index is 2.11. The number of nitrogens with one attached hydrogen (secondary N) is 1. The molecule has 1 fully saturated rings. The van der Waals surface area contributed by atoms with E-state index in [9.17, 15) is 0 Å². The molecule has 0 aromatic heterocycles. The van der Waals surface area contributed by atoms with Gasteiger partial charge < -0.3 is 10.5 Å². The van der Waals surface area contributed by atoms with Crippen molar-refractivity contribution in [3.63, 3.8) is 0 Å². The molecule has 3 N–H and O–H groups in total. The van der Waals surface area contributed by atoms with Crippen LogP contribution < -0.4 is 10.5 Å². The number of nitrogens with two attached hydrogens (primary N) is 1. The van der Waals surface area contributed by atoms with Crippen LogP contribution in [-0.4, -0.2) is 42.4 Å². The number of ether oxygens (including phenoxy) is 1. The largest absolute Gasteiger partial charge is 0.496 e. The molecule has 1 aliphatic heterocycles. The number of thioether (sulfide) groups is 1. The second kappa shape index (κ2) is 6.11. The Bertz CT molecular complexity index is 430. The first kappa shape index (κ1) is 13.2. The molecule has 4 nitrogen and oxygen atoms in total. The van der Waals surface area contributed by atoms with Crippen LogP contribution in [0.2, 0.25) is 0 Å². The monoisotopic (exact) mass is 265 g/mol. The summed E-state index contributed by atoms with van der Waals surface area (Å²) < 4.78 is 5.29. The molecular weight excluding hydrogens is 246 g/mol. The van der Waals surface area contributed by atoms with Gasteiger partial charge in [-0.25, -0.2) is 0 Å². The molecule has 0 saturated carbocycles. The van der Waals surface area contributed by atoms with Crippen LogP contribution in [0.1, 0.15) is 11.1 Å². The molecule has 0 bridgehead atoms. The van der Waals surface area contributed by atoms with Gasteiger partial charge in [-0.05, 0) is 17.7 Å². The summed E-state index contributed by atoms with van der Waals surface area (Å²) >= 11 is 2.01. The third-order valence-corrected chi connectivity index (χ3v) is 4.01. The van der Waals surface area contributed by atoms with E-state index >= 15 is 0 Å². The van der Waals surface area contributed by atoms with Gasteiger partial charge in [0.15, 0.2) is 0 Å². The molecule has 1 aromatic rings. The van der Waals surface area contributed by atoms with Crippen LogP contribution >= 0.6 is 11.8 Å². The van der Waals surface area contributed by atoms with Crippen LogP contribution in [0.5, 0.6) is 5.75 Å². The molecule has 1 heterocycles. The summed E-state index contributed by atoms with van der Waals surface area (Å²) in [5.41, 5.74) is 7.39. The maximum atomic E-state index is 7.49. The predicted octanol–water partition coefficient (Wildman–Crippen LogP) is 1.53. The number of nitrogen functional groups attached to an aromatic ring is 1.